The third kappa shape index (κ3) is 3.81. The molecule has 0 aliphatic carbocycles. The monoisotopic (exact) mass is 376 g/mol. The van der Waals surface area contributed by atoms with Crippen LogP contribution in [0, 0.1) is 0 Å². The van der Waals surface area contributed by atoms with E-state index in [4.69, 9.17) is 17.3 Å². The van der Waals surface area contributed by atoms with Crippen LogP contribution in [0.25, 0.3) is 10.9 Å². The molecule has 1 aromatic heterocycles. The van der Waals surface area contributed by atoms with Crippen molar-refractivity contribution in [2.24, 2.45) is 10.7 Å². The van der Waals surface area contributed by atoms with E-state index in [0.717, 1.165) is 5.39 Å². The molecule has 0 radical (unpaired) electrons. The van der Waals surface area contributed by atoms with E-state index in [2.05, 4.69) is 14.7 Å². The van der Waals surface area contributed by atoms with Crippen molar-refractivity contribution in [1.29, 1.82) is 0 Å². The van der Waals surface area contributed by atoms with E-state index in [1.807, 2.05) is 0 Å². The van der Waals surface area contributed by atoms with Crippen molar-refractivity contribution < 1.29 is 13.2 Å². The molecule has 1 heterocycles. The van der Waals surface area contributed by atoms with Crippen LogP contribution in [0.4, 0.5) is 0 Å². The number of guanidine groups is 1. The van der Waals surface area contributed by atoms with E-state index in [-0.39, 0.29) is 10.6 Å². The molecule has 0 unspecified atom stereocenters. The fourth-order valence-corrected chi connectivity index (χ4v) is 3.34. The van der Waals surface area contributed by atoms with Crippen LogP contribution >= 0.6 is 11.6 Å². The first kappa shape index (κ1) is 17.0. The normalized spacial score (nSPS) is 12.3. The van der Waals surface area contributed by atoms with Gasteiger partial charge in [0.25, 0.3) is 15.9 Å². The van der Waals surface area contributed by atoms with Crippen molar-refractivity contribution in [3.63, 3.8) is 0 Å². The third-order valence-electron chi connectivity index (χ3n) is 3.33. The largest absolute Gasteiger partial charge is 0.369 e. The Balaban J connectivity index is 1.82. The number of carbonyl (C=O) groups is 1. The minimum Gasteiger partial charge on any atom is -0.369 e. The lowest BCUT2D eigenvalue weighted by atomic mass is 10.2. The second-order valence-corrected chi connectivity index (χ2v) is 7.25. The molecule has 2 aromatic carbocycles. The Morgan fingerprint density at radius 3 is 2.56 bits per heavy atom. The highest BCUT2D eigenvalue weighted by Gasteiger charge is 2.16. The van der Waals surface area contributed by atoms with Crippen LogP contribution in [0.3, 0.4) is 0 Å². The minimum atomic E-state index is -3.90. The summed E-state index contributed by atoms with van der Waals surface area (Å²) < 4.78 is 26.3. The Hall–Kier alpha value is -2.84. The number of aliphatic imine (C=N–C) groups is 1. The number of fused-ring (bicyclic) bond motifs is 1. The van der Waals surface area contributed by atoms with Gasteiger partial charge >= 0.3 is 0 Å². The third-order valence-corrected chi connectivity index (χ3v) is 4.93. The number of carbonyl (C=O) groups excluding carboxylic acids is 1. The van der Waals surface area contributed by atoms with Gasteiger partial charge in [-0.25, -0.2) is 13.1 Å². The summed E-state index contributed by atoms with van der Waals surface area (Å²) in [5.41, 5.74) is 6.42. The maximum Gasteiger partial charge on any atom is 0.296 e. The number of aromatic nitrogens is 1. The molecule has 25 heavy (non-hydrogen) atoms. The molecule has 128 valence electrons. The summed E-state index contributed by atoms with van der Waals surface area (Å²) in [6.07, 6.45) is 0. The van der Waals surface area contributed by atoms with Crippen LogP contribution in [0.2, 0.25) is 5.02 Å². The average molecular weight is 377 g/mol. The van der Waals surface area contributed by atoms with Crippen LogP contribution in [-0.4, -0.2) is 25.3 Å². The average Bonchev–Trinajstić information content (AvgIpc) is 2.98. The molecule has 0 spiro atoms. The molecule has 3 aromatic rings. The van der Waals surface area contributed by atoms with Gasteiger partial charge < -0.3 is 10.7 Å². The molecule has 1 amide bonds. The Labute approximate surface area is 148 Å². The van der Waals surface area contributed by atoms with E-state index < -0.39 is 21.9 Å². The molecule has 3 rings (SSSR count). The molecular weight excluding hydrogens is 364 g/mol. The number of halogens is 1. The molecule has 7 nitrogen and oxygen atoms in total. The minimum absolute atomic E-state index is 0.0147. The standard InChI is InChI=1S/C16H13ClN4O3S/c17-11-6-7-13-10(8-11)9-14(19-13)15(22)20-16(18)21-25(23,24)12-4-2-1-3-5-12/h1-9,19H,(H3,18,20,21,22). The summed E-state index contributed by atoms with van der Waals surface area (Å²) >= 11 is 5.90. The van der Waals surface area contributed by atoms with Gasteiger partial charge in [0.1, 0.15) is 5.69 Å². The van der Waals surface area contributed by atoms with Gasteiger partial charge in [-0.3, -0.25) is 4.79 Å². The summed E-state index contributed by atoms with van der Waals surface area (Å²) in [5, 5.41) is 1.26. The number of amides is 1. The van der Waals surface area contributed by atoms with Gasteiger partial charge in [0.05, 0.1) is 4.90 Å². The van der Waals surface area contributed by atoms with E-state index in [9.17, 15) is 13.2 Å². The molecule has 0 saturated heterocycles. The zero-order valence-corrected chi connectivity index (χ0v) is 14.3. The number of aromatic amines is 1. The Kier molecular flexibility index (Phi) is 4.47. The van der Waals surface area contributed by atoms with Gasteiger partial charge in [-0.15, -0.1) is 0 Å². The summed E-state index contributed by atoms with van der Waals surface area (Å²) in [5.74, 6) is -1.23. The number of nitrogens with zero attached hydrogens (tertiary/aromatic N) is 1. The van der Waals surface area contributed by atoms with Crippen LogP contribution < -0.4 is 10.5 Å². The highest BCUT2D eigenvalue weighted by molar-refractivity contribution is 7.90. The van der Waals surface area contributed by atoms with E-state index in [1.54, 1.807) is 42.5 Å². The second-order valence-electron chi connectivity index (χ2n) is 5.14. The quantitative estimate of drug-likeness (QED) is 0.480. The predicted octanol–water partition coefficient (Wildman–Crippen LogP) is 2.25. The van der Waals surface area contributed by atoms with Gasteiger partial charge in [0.2, 0.25) is 5.96 Å². The lowest BCUT2D eigenvalue weighted by Crippen LogP contribution is -2.37. The number of nitrogens with one attached hydrogen (secondary N) is 2. The molecule has 0 fully saturated rings. The van der Waals surface area contributed by atoms with E-state index in [1.165, 1.54) is 12.1 Å². The molecule has 0 bridgehead atoms. The molecule has 0 saturated carbocycles. The molecule has 0 aliphatic rings. The first-order chi connectivity index (χ1) is 11.8. The van der Waals surface area contributed by atoms with Gasteiger partial charge in [-0.1, -0.05) is 29.8 Å². The van der Waals surface area contributed by atoms with Crippen LogP contribution in [0.5, 0.6) is 0 Å². The smallest absolute Gasteiger partial charge is 0.296 e. The van der Waals surface area contributed by atoms with Gasteiger partial charge in [-0.05, 0) is 36.4 Å². The number of sulfonamides is 1. The summed E-state index contributed by atoms with van der Waals surface area (Å²) in [4.78, 5) is 18.6. The number of rotatable bonds is 3. The lowest BCUT2D eigenvalue weighted by molar-refractivity contribution is 0.0998. The topological polar surface area (TPSA) is 117 Å². The van der Waals surface area contributed by atoms with Crippen molar-refractivity contribution in [3.05, 3.63) is 65.3 Å². The Morgan fingerprint density at radius 1 is 1.12 bits per heavy atom. The van der Waals surface area contributed by atoms with Crippen molar-refractivity contribution in [2.45, 2.75) is 4.90 Å². The zero-order valence-electron chi connectivity index (χ0n) is 12.7. The molecular formula is C16H13ClN4O3S. The van der Waals surface area contributed by atoms with Crippen molar-refractivity contribution in [3.8, 4) is 0 Å². The lowest BCUT2D eigenvalue weighted by Gasteiger charge is -2.06. The SMILES string of the molecule is NC(=NC(=O)c1cc2cc(Cl)ccc2[nH]1)NS(=O)(=O)c1ccccc1. The van der Waals surface area contributed by atoms with Gasteiger partial charge in [-0.2, -0.15) is 4.99 Å². The van der Waals surface area contributed by atoms with Gasteiger partial charge in [0, 0.05) is 15.9 Å². The Morgan fingerprint density at radius 2 is 1.84 bits per heavy atom. The first-order valence-corrected chi connectivity index (χ1v) is 8.96. The molecule has 9 heteroatoms. The van der Waals surface area contributed by atoms with Crippen molar-refractivity contribution in [2.75, 3.05) is 0 Å². The Bertz CT molecular complexity index is 1080. The maximum atomic E-state index is 12.2. The maximum absolute atomic E-state index is 12.2. The zero-order chi connectivity index (χ0) is 18.0. The highest BCUT2D eigenvalue weighted by Crippen LogP contribution is 2.20. The number of hydrogen-bond donors (Lipinski definition) is 3. The van der Waals surface area contributed by atoms with Crippen LogP contribution in [0.1, 0.15) is 10.5 Å². The van der Waals surface area contributed by atoms with Gasteiger partial charge in [0.15, 0.2) is 0 Å². The van der Waals surface area contributed by atoms with Crippen molar-refractivity contribution >= 4 is 44.4 Å². The fraction of sp³-hybridized carbons (Fsp3) is 0. The van der Waals surface area contributed by atoms with Crippen LogP contribution in [-0.2, 0) is 10.0 Å². The number of H-pyrrole nitrogens is 1. The predicted molar refractivity (Wildman–Crippen MR) is 96.0 cm³/mol. The van der Waals surface area contributed by atoms with Crippen molar-refractivity contribution in [1.82, 2.24) is 9.71 Å². The highest BCUT2D eigenvalue weighted by atomic mass is 35.5. The number of nitrogens with two attached hydrogens (primary N) is 1. The summed E-state index contributed by atoms with van der Waals surface area (Å²) in [6, 6.07) is 14.3. The second kappa shape index (κ2) is 6.58. The molecule has 0 aliphatic heterocycles. The van der Waals surface area contributed by atoms with E-state index >= 15 is 0 Å². The summed E-state index contributed by atoms with van der Waals surface area (Å²) in [6.45, 7) is 0. The number of hydrogen-bond acceptors (Lipinski definition) is 3. The first-order valence-electron chi connectivity index (χ1n) is 7.10. The fourth-order valence-electron chi connectivity index (χ4n) is 2.21. The van der Waals surface area contributed by atoms with Crippen LogP contribution in [0.15, 0.2) is 64.5 Å². The molecule has 0 atom stereocenters. The van der Waals surface area contributed by atoms with E-state index in [0.29, 0.717) is 10.5 Å². The summed E-state index contributed by atoms with van der Waals surface area (Å²) in [7, 11) is -3.90. The molecule has 4 N–H and O–H groups in total. The number of benzene rings is 2.